The molecule has 0 aliphatic carbocycles. The standard InChI is InChI=1S/C20H23N3O3S2/c24-28(25)21-13-15-9-11-23(12-10-15)14-16-5-7-17(8-6-16)26-20-22-18-3-1-2-4-19(18)27-20/h1-8,15,21H,9-14H2,(H,24,25). The molecule has 1 atom stereocenters. The first kappa shape index (κ1) is 19.5. The van der Waals surface area contributed by atoms with Gasteiger partial charge in [0, 0.05) is 13.1 Å². The Bertz CT molecular complexity index is 904. The number of ether oxygens (including phenoxy) is 1. The number of piperidine rings is 1. The van der Waals surface area contributed by atoms with Crippen molar-refractivity contribution >= 4 is 32.8 Å². The van der Waals surface area contributed by atoms with Crippen molar-refractivity contribution < 1.29 is 13.5 Å². The lowest BCUT2D eigenvalue weighted by atomic mass is 9.97. The fourth-order valence-electron chi connectivity index (χ4n) is 3.45. The lowest BCUT2D eigenvalue weighted by molar-refractivity contribution is 0.178. The van der Waals surface area contributed by atoms with Crippen LogP contribution >= 0.6 is 11.3 Å². The average molecular weight is 418 g/mol. The van der Waals surface area contributed by atoms with E-state index in [0.717, 1.165) is 48.4 Å². The lowest BCUT2D eigenvalue weighted by Crippen LogP contribution is -2.37. The maximum absolute atomic E-state index is 10.7. The van der Waals surface area contributed by atoms with Gasteiger partial charge in [0.05, 0.1) is 10.2 Å². The predicted octanol–water partition coefficient (Wildman–Crippen LogP) is 4.03. The van der Waals surface area contributed by atoms with Crippen LogP contribution in [-0.2, 0) is 17.8 Å². The third kappa shape index (κ3) is 5.15. The number of aromatic nitrogens is 1. The normalized spacial score (nSPS) is 17.0. The van der Waals surface area contributed by atoms with Gasteiger partial charge < -0.3 is 4.74 Å². The monoisotopic (exact) mass is 417 g/mol. The molecule has 1 aromatic heterocycles. The molecule has 0 amide bonds. The van der Waals surface area contributed by atoms with Crippen LogP contribution in [-0.4, -0.2) is 38.3 Å². The van der Waals surface area contributed by atoms with Crippen molar-refractivity contribution in [3.8, 4) is 10.9 Å². The Labute approximate surface area is 171 Å². The number of thiazole rings is 1. The summed E-state index contributed by atoms with van der Waals surface area (Å²) in [4.78, 5) is 6.93. The van der Waals surface area contributed by atoms with Gasteiger partial charge in [0.15, 0.2) is 0 Å². The van der Waals surface area contributed by atoms with Crippen LogP contribution < -0.4 is 9.46 Å². The highest BCUT2D eigenvalue weighted by Gasteiger charge is 2.19. The van der Waals surface area contributed by atoms with E-state index in [0.29, 0.717) is 17.7 Å². The number of hydrogen-bond donors (Lipinski definition) is 2. The molecule has 0 saturated carbocycles. The van der Waals surface area contributed by atoms with E-state index in [1.165, 1.54) is 5.56 Å². The number of benzene rings is 2. The number of para-hydroxylation sites is 1. The van der Waals surface area contributed by atoms with Gasteiger partial charge in [0.2, 0.25) is 11.3 Å². The van der Waals surface area contributed by atoms with Crippen LogP contribution in [0.25, 0.3) is 10.2 Å². The Balaban J connectivity index is 1.28. The fraction of sp³-hybridized carbons (Fsp3) is 0.350. The number of rotatable bonds is 7. The Kier molecular flexibility index (Phi) is 6.33. The summed E-state index contributed by atoms with van der Waals surface area (Å²) < 4.78 is 29.2. The zero-order valence-corrected chi connectivity index (χ0v) is 17.0. The molecule has 1 aliphatic rings. The quantitative estimate of drug-likeness (QED) is 0.568. The van der Waals surface area contributed by atoms with Crippen LogP contribution in [0.1, 0.15) is 18.4 Å². The minimum atomic E-state index is -1.91. The van der Waals surface area contributed by atoms with Crippen molar-refractivity contribution in [2.75, 3.05) is 19.6 Å². The Hall–Kier alpha value is -1.84. The predicted molar refractivity (Wildman–Crippen MR) is 113 cm³/mol. The number of likely N-dealkylation sites (tertiary alicyclic amines) is 1. The molecule has 3 aromatic rings. The van der Waals surface area contributed by atoms with Gasteiger partial charge in [0.1, 0.15) is 5.75 Å². The fourth-order valence-corrected chi connectivity index (χ4v) is 4.67. The third-order valence-corrected chi connectivity index (χ3v) is 6.34. The second-order valence-electron chi connectivity index (χ2n) is 7.01. The summed E-state index contributed by atoms with van der Waals surface area (Å²) >= 11 is -0.360. The molecule has 0 spiro atoms. The van der Waals surface area contributed by atoms with Crippen LogP contribution in [0.4, 0.5) is 0 Å². The minimum absolute atomic E-state index is 0.469. The summed E-state index contributed by atoms with van der Waals surface area (Å²) in [5.41, 5.74) is 2.22. The van der Waals surface area contributed by atoms with Crippen LogP contribution in [0.15, 0.2) is 48.5 Å². The van der Waals surface area contributed by atoms with Gasteiger partial charge in [-0.05, 0) is 61.7 Å². The second-order valence-corrected chi connectivity index (χ2v) is 8.79. The summed E-state index contributed by atoms with van der Waals surface area (Å²) in [5.74, 6) is 1.27. The van der Waals surface area contributed by atoms with Gasteiger partial charge in [-0.3, -0.25) is 9.45 Å². The lowest BCUT2D eigenvalue weighted by Gasteiger charge is -2.31. The molecule has 6 nitrogen and oxygen atoms in total. The molecule has 2 aromatic carbocycles. The molecule has 1 aliphatic heterocycles. The van der Waals surface area contributed by atoms with Crippen molar-refractivity contribution in [3.05, 3.63) is 54.1 Å². The molecule has 4 rings (SSSR count). The van der Waals surface area contributed by atoms with Crippen LogP contribution in [0.5, 0.6) is 10.9 Å². The van der Waals surface area contributed by atoms with Crippen molar-refractivity contribution in [1.82, 2.24) is 14.6 Å². The molecule has 8 heteroatoms. The SMILES string of the molecule is O=S(O)NCC1CCN(Cc2ccc(Oc3nc4ccccc4s3)cc2)CC1. The maximum Gasteiger partial charge on any atom is 0.279 e. The molecule has 148 valence electrons. The zero-order valence-electron chi connectivity index (χ0n) is 15.4. The largest absolute Gasteiger partial charge is 0.431 e. The van der Waals surface area contributed by atoms with E-state index in [9.17, 15) is 4.21 Å². The van der Waals surface area contributed by atoms with E-state index in [4.69, 9.17) is 9.29 Å². The average Bonchev–Trinajstić information content (AvgIpc) is 3.11. The molecular weight excluding hydrogens is 394 g/mol. The van der Waals surface area contributed by atoms with Crippen molar-refractivity contribution in [2.45, 2.75) is 19.4 Å². The van der Waals surface area contributed by atoms with Gasteiger partial charge in [-0.25, -0.2) is 13.9 Å². The van der Waals surface area contributed by atoms with E-state index in [2.05, 4.69) is 26.7 Å². The second kappa shape index (κ2) is 9.11. The minimum Gasteiger partial charge on any atom is -0.431 e. The van der Waals surface area contributed by atoms with Gasteiger partial charge in [0.25, 0.3) is 5.19 Å². The van der Waals surface area contributed by atoms with Crippen molar-refractivity contribution in [2.24, 2.45) is 5.92 Å². The summed E-state index contributed by atoms with van der Waals surface area (Å²) in [7, 11) is 0. The Morgan fingerprint density at radius 2 is 1.93 bits per heavy atom. The zero-order chi connectivity index (χ0) is 19.3. The molecule has 1 saturated heterocycles. The highest BCUT2D eigenvalue weighted by molar-refractivity contribution is 7.77. The van der Waals surface area contributed by atoms with E-state index >= 15 is 0 Å². The van der Waals surface area contributed by atoms with Gasteiger partial charge in [-0.2, -0.15) is 0 Å². The third-order valence-electron chi connectivity index (χ3n) is 5.01. The van der Waals surface area contributed by atoms with Gasteiger partial charge >= 0.3 is 0 Å². The van der Waals surface area contributed by atoms with E-state index in [1.54, 1.807) is 11.3 Å². The maximum atomic E-state index is 10.7. The molecule has 28 heavy (non-hydrogen) atoms. The van der Waals surface area contributed by atoms with Crippen molar-refractivity contribution in [3.63, 3.8) is 0 Å². The number of hydrogen-bond acceptors (Lipinski definition) is 5. The van der Waals surface area contributed by atoms with Crippen LogP contribution in [0.2, 0.25) is 0 Å². The number of fused-ring (bicyclic) bond motifs is 1. The molecule has 0 bridgehead atoms. The first-order chi connectivity index (χ1) is 13.7. The summed E-state index contributed by atoms with van der Waals surface area (Å²) in [6.45, 7) is 3.53. The molecular formula is C20H23N3O3S2. The first-order valence-corrected chi connectivity index (χ1v) is 11.3. The molecule has 0 radical (unpaired) electrons. The smallest absolute Gasteiger partial charge is 0.279 e. The van der Waals surface area contributed by atoms with Gasteiger partial charge in [-0.1, -0.05) is 35.6 Å². The highest BCUT2D eigenvalue weighted by Crippen LogP contribution is 2.31. The summed E-state index contributed by atoms with van der Waals surface area (Å²) in [6.07, 6.45) is 2.09. The molecule has 1 fully saturated rings. The van der Waals surface area contributed by atoms with Crippen molar-refractivity contribution in [1.29, 1.82) is 0 Å². The van der Waals surface area contributed by atoms with E-state index in [-0.39, 0.29) is 0 Å². The number of nitrogens with one attached hydrogen (secondary N) is 1. The first-order valence-electron chi connectivity index (χ1n) is 9.35. The molecule has 2 heterocycles. The summed E-state index contributed by atoms with van der Waals surface area (Å²) in [5, 5.41) is 0.661. The van der Waals surface area contributed by atoms with Gasteiger partial charge in [-0.15, -0.1) is 0 Å². The van der Waals surface area contributed by atoms with Crippen LogP contribution in [0.3, 0.4) is 0 Å². The van der Waals surface area contributed by atoms with E-state index in [1.807, 2.05) is 36.4 Å². The van der Waals surface area contributed by atoms with E-state index < -0.39 is 11.3 Å². The topological polar surface area (TPSA) is 74.7 Å². The highest BCUT2D eigenvalue weighted by atomic mass is 32.2. The Morgan fingerprint density at radius 1 is 1.18 bits per heavy atom. The molecule has 1 unspecified atom stereocenters. The Morgan fingerprint density at radius 3 is 2.64 bits per heavy atom. The van der Waals surface area contributed by atoms with Crippen LogP contribution in [0, 0.1) is 5.92 Å². The molecule has 2 N–H and O–H groups in total. The summed E-state index contributed by atoms with van der Waals surface area (Å²) in [6, 6.07) is 16.2. The number of nitrogens with zero attached hydrogens (tertiary/aromatic N) is 2.